The number of aromatic nitrogens is 2. The lowest BCUT2D eigenvalue weighted by molar-refractivity contribution is -0.137. The summed E-state index contributed by atoms with van der Waals surface area (Å²) in [6.07, 6.45) is 3.02. The molecule has 6 nitrogen and oxygen atoms in total. The fourth-order valence-electron chi connectivity index (χ4n) is 6.30. The molecule has 0 bridgehead atoms. The first kappa shape index (κ1) is 25.2. The Morgan fingerprint density at radius 3 is 2.62 bits per heavy atom. The Bertz CT molecular complexity index is 1600. The van der Waals surface area contributed by atoms with Crippen LogP contribution in [0, 0.1) is 26.6 Å². The maximum Gasteiger partial charge on any atom is 0.304 e. The third-order valence-electron chi connectivity index (χ3n) is 7.90. The minimum atomic E-state index is -0.850. The number of carboxylic acids is 1. The van der Waals surface area contributed by atoms with Crippen molar-refractivity contribution >= 4 is 5.97 Å². The molecular formula is C32H31FN2O4. The van der Waals surface area contributed by atoms with Gasteiger partial charge >= 0.3 is 5.97 Å². The van der Waals surface area contributed by atoms with Crippen molar-refractivity contribution in [3.05, 3.63) is 88.0 Å². The van der Waals surface area contributed by atoms with Gasteiger partial charge in [0.2, 0.25) is 0 Å². The fourth-order valence-corrected chi connectivity index (χ4v) is 6.30. The Morgan fingerprint density at radius 2 is 1.92 bits per heavy atom. The number of carboxylic acid groups (broad SMARTS) is 1. The monoisotopic (exact) mass is 526 g/mol. The molecule has 7 heteroatoms. The first-order valence-electron chi connectivity index (χ1n) is 13.3. The van der Waals surface area contributed by atoms with Gasteiger partial charge in [-0.1, -0.05) is 12.1 Å². The molecule has 1 aliphatic carbocycles. The topological polar surface area (TPSA) is 73.6 Å². The molecule has 4 aromatic rings. The largest absolute Gasteiger partial charge is 0.492 e. The number of fused-ring (bicyclic) bond motifs is 2. The lowest BCUT2D eigenvalue weighted by Gasteiger charge is -2.19. The average molecular weight is 527 g/mol. The molecule has 6 rings (SSSR count). The number of ether oxygens (including phenoxy) is 2. The Hall–Kier alpha value is -4.13. The Balaban J connectivity index is 1.32. The number of hydrogen-bond acceptors (Lipinski definition) is 4. The van der Waals surface area contributed by atoms with E-state index in [1.165, 1.54) is 0 Å². The van der Waals surface area contributed by atoms with Gasteiger partial charge in [-0.05, 0) is 85.7 Å². The van der Waals surface area contributed by atoms with Crippen LogP contribution in [0.2, 0.25) is 0 Å². The van der Waals surface area contributed by atoms with Crippen molar-refractivity contribution < 1.29 is 23.8 Å². The van der Waals surface area contributed by atoms with Crippen LogP contribution in [0.1, 0.15) is 58.4 Å². The van der Waals surface area contributed by atoms with Crippen LogP contribution in [0.4, 0.5) is 4.39 Å². The Morgan fingerprint density at radius 1 is 1.15 bits per heavy atom. The number of aryl methyl sites for hydroxylation is 4. The Labute approximate surface area is 227 Å². The third-order valence-corrected chi connectivity index (χ3v) is 7.90. The molecule has 0 amide bonds. The van der Waals surface area contributed by atoms with Crippen LogP contribution in [0.15, 0.2) is 48.7 Å². The van der Waals surface area contributed by atoms with Crippen LogP contribution in [0.25, 0.3) is 22.5 Å². The summed E-state index contributed by atoms with van der Waals surface area (Å²) in [6.45, 7) is 6.53. The van der Waals surface area contributed by atoms with Crippen molar-refractivity contribution in [2.75, 3.05) is 6.61 Å². The predicted octanol–water partition coefficient (Wildman–Crippen LogP) is 6.84. The van der Waals surface area contributed by atoms with Gasteiger partial charge in [0.25, 0.3) is 0 Å². The molecule has 1 aromatic heterocycles. The van der Waals surface area contributed by atoms with Crippen molar-refractivity contribution in [1.29, 1.82) is 0 Å². The molecule has 200 valence electrons. The molecule has 1 aliphatic heterocycles. The maximum atomic E-state index is 15.3. The first-order valence-corrected chi connectivity index (χ1v) is 13.3. The molecule has 2 unspecified atom stereocenters. The highest BCUT2D eigenvalue weighted by Gasteiger charge is 2.32. The molecule has 0 saturated heterocycles. The average Bonchev–Trinajstić information content (AvgIpc) is 3.57. The van der Waals surface area contributed by atoms with Gasteiger partial charge in [-0.3, -0.25) is 4.79 Å². The number of hydrogen-bond donors (Lipinski definition) is 1. The van der Waals surface area contributed by atoms with Crippen LogP contribution in [-0.4, -0.2) is 27.2 Å². The quantitative estimate of drug-likeness (QED) is 0.298. The number of halogens is 1. The standard InChI is InChI=1S/C32H31FN2O4/c1-17-11-20(32-34-19(3)15-35(32)4)12-18(2)30(17)24-7-9-26(33)31-25(24)8-10-27(31)39-22-5-6-23-21(13-29(36)37)16-38-28(23)14-22/h5-7,9,11-12,14-15,21,27H,8,10,13,16H2,1-4H3,(H,36,37). The van der Waals surface area contributed by atoms with Gasteiger partial charge < -0.3 is 19.1 Å². The fraction of sp³-hybridized carbons (Fsp3) is 0.312. The van der Waals surface area contributed by atoms with Crippen molar-refractivity contribution in [3.63, 3.8) is 0 Å². The highest BCUT2D eigenvalue weighted by Crippen LogP contribution is 2.45. The van der Waals surface area contributed by atoms with Gasteiger partial charge in [0.15, 0.2) is 0 Å². The molecular weight excluding hydrogens is 495 g/mol. The molecule has 0 spiro atoms. The van der Waals surface area contributed by atoms with E-state index in [2.05, 4.69) is 31.0 Å². The zero-order valence-electron chi connectivity index (χ0n) is 22.5. The maximum absolute atomic E-state index is 15.3. The van der Waals surface area contributed by atoms with E-state index in [1.807, 2.05) is 42.9 Å². The number of nitrogens with zero attached hydrogens (tertiary/aromatic N) is 2. The summed E-state index contributed by atoms with van der Waals surface area (Å²) >= 11 is 0. The van der Waals surface area contributed by atoms with Crippen LogP contribution < -0.4 is 9.47 Å². The summed E-state index contributed by atoms with van der Waals surface area (Å²) in [5.74, 6) is 0.881. The molecule has 2 heterocycles. The summed E-state index contributed by atoms with van der Waals surface area (Å²) < 4.78 is 29.4. The van der Waals surface area contributed by atoms with Crippen LogP contribution >= 0.6 is 0 Å². The molecule has 0 radical (unpaired) electrons. The second-order valence-corrected chi connectivity index (χ2v) is 10.7. The van der Waals surface area contributed by atoms with E-state index in [9.17, 15) is 4.79 Å². The van der Waals surface area contributed by atoms with Gasteiger partial charge in [-0.15, -0.1) is 0 Å². The van der Waals surface area contributed by atoms with Crippen LogP contribution in [-0.2, 0) is 18.3 Å². The smallest absolute Gasteiger partial charge is 0.304 e. The van der Waals surface area contributed by atoms with Crippen molar-refractivity contribution in [2.45, 2.75) is 52.1 Å². The van der Waals surface area contributed by atoms with Gasteiger partial charge in [0, 0.05) is 41.9 Å². The van der Waals surface area contributed by atoms with Crippen LogP contribution in [0.5, 0.6) is 11.5 Å². The highest BCUT2D eigenvalue weighted by atomic mass is 19.1. The molecule has 0 saturated carbocycles. The van der Waals surface area contributed by atoms with E-state index < -0.39 is 12.1 Å². The predicted molar refractivity (Wildman–Crippen MR) is 147 cm³/mol. The molecule has 39 heavy (non-hydrogen) atoms. The zero-order chi connectivity index (χ0) is 27.4. The van der Waals surface area contributed by atoms with E-state index in [0.717, 1.165) is 50.5 Å². The summed E-state index contributed by atoms with van der Waals surface area (Å²) in [7, 11) is 2.00. The normalized spacial score (nSPS) is 17.6. The lowest BCUT2D eigenvalue weighted by Crippen LogP contribution is -2.07. The minimum Gasteiger partial charge on any atom is -0.492 e. The highest BCUT2D eigenvalue weighted by molar-refractivity contribution is 5.78. The minimum absolute atomic E-state index is 0.0261. The van der Waals surface area contributed by atoms with E-state index in [0.29, 0.717) is 36.5 Å². The molecule has 3 aromatic carbocycles. The van der Waals surface area contributed by atoms with Crippen molar-refractivity contribution in [1.82, 2.24) is 9.55 Å². The van der Waals surface area contributed by atoms with Gasteiger partial charge in [0.05, 0.1) is 18.7 Å². The molecule has 2 aliphatic rings. The number of imidazole rings is 1. The number of aliphatic carboxylic acids is 1. The third kappa shape index (κ3) is 4.46. The number of benzene rings is 3. The first-order chi connectivity index (χ1) is 18.7. The van der Waals surface area contributed by atoms with E-state index in [4.69, 9.17) is 14.6 Å². The van der Waals surface area contributed by atoms with Gasteiger partial charge in [-0.2, -0.15) is 0 Å². The summed E-state index contributed by atoms with van der Waals surface area (Å²) in [5.41, 5.74) is 8.93. The zero-order valence-corrected chi connectivity index (χ0v) is 22.5. The lowest BCUT2D eigenvalue weighted by atomic mass is 9.89. The van der Waals surface area contributed by atoms with Crippen molar-refractivity contribution in [3.8, 4) is 34.0 Å². The van der Waals surface area contributed by atoms with E-state index in [1.54, 1.807) is 12.1 Å². The van der Waals surface area contributed by atoms with E-state index in [-0.39, 0.29) is 18.2 Å². The van der Waals surface area contributed by atoms with Crippen molar-refractivity contribution in [2.24, 2.45) is 7.05 Å². The van der Waals surface area contributed by atoms with E-state index >= 15 is 4.39 Å². The summed E-state index contributed by atoms with van der Waals surface area (Å²) in [5, 5.41) is 9.16. The summed E-state index contributed by atoms with van der Waals surface area (Å²) in [6, 6.07) is 13.2. The Kier molecular flexibility index (Phi) is 6.17. The molecule has 2 atom stereocenters. The summed E-state index contributed by atoms with van der Waals surface area (Å²) in [4.78, 5) is 15.8. The number of rotatable bonds is 6. The number of carbonyl (C=O) groups is 1. The van der Waals surface area contributed by atoms with Crippen LogP contribution in [0.3, 0.4) is 0 Å². The van der Waals surface area contributed by atoms with Gasteiger partial charge in [0.1, 0.15) is 29.2 Å². The molecule has 0 fully saturated rings. The van der Waals surface area contributed by atoms with Gasteiger partial charge in [-0.25, -0.2) is 9.37 Å². The molecule has 1 N–H and O–H groups in total. The second-order valence-electron chi connectivity index (χ2n) is 10.7. The SMILES string of the molecule is Cc1cn(C)c(-c2cc(C)c(-c3ccc(F)c4c3CCC4Oc3ccc4c(c3)OCC4CC(=O)O)c(C)c2)n1. The second kappa shape index (κ2) is 9.56.